The van der Waals surface area contributed by atoms with Crippen LogP contribution in [0.25, 0.3) is 11.0 Å². The summed E-state index contributed by atoms with van der Waals surface area (Å²) >= 11 is 0. The third-order valence-corrected chi connectivity index (χ3v) is 5.42. The number of rotatable bonds is 4. The zero-order chi connectivity index (χ0) is 18.8. The summed E-state index contributed by atoms with van der Waals surface area (Å²) in [6, 6.07) is -0.0896. The molecule has 8 nitrogen and oxygen atoms in total. The highest BCUT2D eigenvalue weighted by atomic mass is 16.5. The van der Waals surface area contributed by atoms with Gasteiger partial charge in [0.1, 0.15) is 17.8 Å². The van der Waals surface area contributed by atoms with Crippen molar-refractivity contribution < 1.29 is 14.6 Å². The lowest BCUT2D eigenvalue weighted by atomic mass is 9.92. The number of H-pyrrole nitrogens is 1. The predicted octanol–water partition coefficient (Wildman–Crippen LogP) is 1.41. The second-order valence-electron chi connectivity index (χ2n) is 7.25. The highest BCUT2D eigenvalue weighted by molar-refractivity contribution is 5.91. The number of amides is 1. The molecule has 8 heteroatoms. The van der Waals surface area contributed by atoms with E-state index in [9.17, 15) is 9.90 Å². The van der Waals surface area contributed by atoms with E-state index in [0.717, 1.165) is 42.9 Å². The molecule has 0 spiro atoms. The SMILES string of the molecule is C=CC(=O)N1C[C@H](O)C[C@@H](Nc2ncnc3[nH]cc(C4CCOCC4)c23)C1. The quantitative estimate of drug-likeness (QED) is 0.702. The molecule has 0 unspecified atom stereocenters. The summed E-state index contributed by atoms with van der Waals surface area (Å²) in [6.45, 7) is 5.91. The van der Waals surface area contributed by atoms with E-state index < -0.39 is 6.10 Å². The largest absolute Gasteiger partial charge is 0.391 e. The summed E-state index contributed by atoms with van der Waals surface area (Å²) in [5, 5.41) is 14.6. The molecule has 0 saturated carbocycles. The summed E-state index contributed by atoms with van der Waals surface area (Å²) < 4.78 is 5.49. The first-order valence-corrected chi connectivity index (χ1v) is 9.41. The Kier molecular flexibility index (Phi) is 5.09. The number of aliphatic hydroxyl groups excluding tert-OH is 1. The molecule has 144 valence electrons. The zero-order valence-electron chi connectivity index (χ0n) is 15.2. The molecule has 4 heterocycles. The Balaban J connectivity index is 1.60. The van der Waals surface area contributed by atoms with Gasteiger partial charge in [-0.1, -0.05) is 6.58 Å². The van der Waals surface area contributed by atoms with E-state index in [-0.39, 0.29) is 11.9 Å². The molecule has 2 aliphatic heterocycles. The number of fused-ring (bicyclic) bond motifs is 1. The van der Waals surface area contributed by atoms with E-state index >= 15 is 0 Å². The second-order valence-corrected chi connectivity index (χ2v) is 7.25. The Bertz CT molecular complexity index is 830. The van der Waals surface area contributed by atoms with Crippen LogP contribution >= 0.6 is 0 Å². The minimum absolute atomic E-state index is 0.0896. The van der Waals surface area contributed by atoms with Gasteiger partial charge in [0, 0.05) is 38.5 Å². The fraction of sp³-hybridized carbons (Fsp3) is 0.526. The summed E-state index contributed by atoms with van der Waals surface area (Å²) in [5.74, 6) is 0.987. The van der Waals surface area contributed by atoms with E-state index in [2.05, 4.69) is 26.8 Å². The van der Waals surface area contributed by atoms with Crippen LogP contribution in [0.2, 0.25) is 0 Å². The number of nitrogens with one attached hydrogen (secondary N) is 2. The molecule has 2 aromatic rings. The Morgan fingerprint density at radius 1 is 1.37 bits per heavy atom. The summed E-state index contributed by atoms with van der Waals surface area (Å²) in [4.78, 5) is 25.7. The fourth-order valence-electron chi connectivity index (χ4n) is 4.11. The molecule has 27 heavy (non-hydrogen) atoms. The first-order valence-electron chi connectivity index (χ1n) is 9.41. The van der Waals surface area contributed by atoms with Crippen LogP contribution < -0.4 is 5.32 Å². The molecule has 1 amide bonds. The molecule has 2 fully saturated rings. The summed E-state index contributed by atoms with van der Waals surface area (Å²) in [7, 11) is 0. The van der Waals surface area contributed by atoms with Gasteiger partial charge in [-0.3, -0.25) is 4.79 Å². The molecule has 0 bridgehead atoms. The van der Waals surface area contributed by atoms with Crippen molar-refractivity contribution >= 4 is 22.8 Å². The standard InChI is InChI=1S/C19H25N5O3/c1-2-16(26)24-9-13(7-14(25)10-24)23-19-17-15(12-3-5-27-6-4-12)8-20-18(17)21-11-22-19/h2,8,11-14,25H,1,3-7,9-10H2,(H2,20,21,22,23)/t13-,14-/m1/s1. The van der Waals surface area contributed by atoms with Gasteiger partial charge < -0.3 is 25.0 Å². The number of aliphatic hydroxyl groups is 1. The molecule has 2 atom stereocenters. The number of hydrogen-bond acceptors (Lipinski definition) is 6. The van der Waals surface area contributed by atoms with Crippen LogP contribution in [0, 0.1) is 0 Å². The van der Waals surface area contributed by atoms with Gasteiger partial charge in [0.05, 0.1) is 11.5 Å². The van der Waals surface area contributed by atoms with Crippen LogP contribution in [0.3, 0.4) is 0 Å². The van der Waals surface area contributed by atoms with Crippen molar-refractivity contribution in [3.63, 3.8) is 0 Å². The van der Waals surface area contributed by atoms with E-state index in [1.165, 1.54) is 18.0 Å². The number of piperidine rings is 1. The molecule has 0 radical (unpaired) electrons. The smallest absolute Gasteiger partial charge is 0.246 e. The van der Waals surface area contributed by atoms with Gasteiger partial charge in [0.2, 0.25) is 5.91 Å². The zero-order valence-corrected chi connectivity index (χ0v) is 15.2. The van der Waals surface area contributed by atoms with Crippen LogP contribution in [-0.4, -0.2) is 69.3 Å². The van der Waals surface area contributed by atoms with Crippen molar-refractivity contribution in [2.45, 2.75) is 37.3 Å². The number of aromatic amines is 1. The van der Waals surface area contributed by atoms with Gasteiger partial charge in [0.25, 0.3) is 0 Å². The van der Waals surface area contributed by atoms with Gasteiger partial charge in [-0.2, -0.15) is 0 Å². The minimum Gasteiger partial charge on any atom is -0.391 e. The number of β-amino-alcohol motifs (C(OH)–C–C–N with tert-alkyl or cyclic N) is 1. The molecule has 4 rings (SSSR count). The third kappa shape index (κ3) is 3.68. The molecule has 2 aromatic heterocycles. The maximum atomic E-state index is 12.0. The fourth-order valence-corrected chi connectivity index (χ4v) is 4.11. The number of hydrogen-bond donors (Lipinski definition) is 3. The van der Waals surface area contributed by atoms with Gasteiger partial charge in [-0.05, 0) is 36.8 Å². The van der Waals surface area contributed by atoms with E-state index in [0.29, 0.717) is 25.4 Å². The predicted molar refractivity (Wildman–Crippen MR) is 101 cm³/mol. The van der Waals surface area contributed by atoms with Gasteiger partial charge in [0.15, 0.2) is 0 Å². The van der Waals surface area contributed by atoms with Gasteiger partial charge >= 0.3 is 0 Å². The normalized spacial score (nSPS) is 24.1. The average Bonchev–Trinajstić information content (AvgIpc) is 3.13. The van der Waals surface area contributed by atoms with Crippen molar-refractivity contribution in [2.24, 2.45) is 0 Å². The van der Waals surface area contributed by atoms with Crippen LogP contribution in [0.1, 0.15) is 30.7 Å². The average molecular weight is 371 g/mol. The summed E-state index contributed by atoms with van der Waals surface area (Å²) in [5.41, 5.74) is 2.00. The molecule has 2 aliphatic rings. The highest BCUT2D eigenvalue weighted by Gasteiger charge is 2.29. The van der Waals surface area contributed by atoms with Crippen molar-refractivity contribution in [1.82, 2.24) is 19.9 Å². The Morgan fingerprint density at radius 2 is 2.19 bits per heavy atom. The monoisotopic (exact) mass is 371 g/mol. The number of likely N-dealkylation sites (tertiary alicyclic amines) is 1. The van der Waals surface area contributed by atoms with Crippen molar-refractivity contribution in [3.8, 4) is 0 Å². The topological polar surface area (TPSA) is 103 Å². The number of carbonyl (C=O) groups excluding carboxylic acids is 1. The van der Waals surface area contributed by atoms with Crippen LogP contribution in [0.15, 0.2) is 25.2 Å². The molecule has 3 N–H and O–H groups in total. The van der Waals surface area contributed by atoms with Crippen LogP contribution in [0.4, 0.5) is 5.82 Å². The lowest BCUT2D eigenvalue weighted by Gasteiger charge is -2.35. The van der Waals surface area contributed by atoms with Crippen molar-refractivity contribution in [2.75, 3.05) is 31.6 Å². The Hall–Kier alpha value is -2.45. The van der Waals surface area contributed by atoms with Gasteiger partial charge in [-0.25, -0.2) is 9.97 Å². The number of anilines is 1. The highest BCUT2D eigenvalue weighted by Crippen LogP contribution is 2.35. The molecular weight excluding hydrogens is 346 g/mol. The number of ether oxygens (including phenoxy) is 1. The minimum atomic E-state index is -0.571. The third-order valence-electron chi connectivity index (χ3n) is 5.42. The maximum absolute atomic E-state index is 12.0. The first kappa shape index (κ1) is 17.9. The molecule has 0 aromatic carbocycles. The van der Waals surface area contributed by atoms with Crippen LogP contribution in [0.5, 0.6) is 0 Å². The second kappa shape index (κ2) is 7.66. The Morgan fingerprint density at radius 3 is 2.96 bits per heavy atom. The molecular formula is C19H25N5O3. The van der Waals surface area contributed by atoms with Crippen molar-refractivity contribution in [1.29, 1.82) is 0 Å². The maximum Gasteiger partial charge on any atom is 0.246 e. The van der Waals surface area contributed by atoms with E-state index in [1.54, 1.807) is 4.90 Å². The molecule has 0 aliphatic carbocycles. The van der Waals surface area contributed by atoms with E-state index in [4.69, 9.17) is 4.74 Å². The number of nitrogens with zero attached hydrogens (tertiary/aromatic N) is 3. The molecule has 2 saturated heterocycles. The lowest BCUT2D eigenvalue weighted by molar-refractivity contribution is -0.129. The number of carbonyl (C=O) groups is 1. The lowest BCUT2D eigenvalue weighted by Crippen LogP contribution is -2.50. The van der Waals surface area contributed by atoms with Crippen LogP contribution in [-0.2, 0) is 9.53 Å². The summed E-state index contributed by atoms with van der Waals surface area (Å²) in [6.07, 6.45) is 6.77. The number of aromatic nitrogens is 3. The van der Waals surface area contributed by atoms with E-state index in [1.807, 2.05) is 6.20 Å². The van der Waals surface area contributed by atoms with Gasteiger partial charge in [-0.15, -0.1) is 0 Å². The Labute approximate surface area is 157 Å². The first-order chi connectivity index (χ1) is 13.2. The van der Waals surface area contributed by atoms with Crippen molar-refractivity contribution in [3.05, 3.63) is 30.7 Å².